The number of ether oxygens (including phenoxy) is 2. The van der Waals surface area contributed by atoms with E-state index >= 15 is 0 Å². The second-order valence-electron chi connectivity index (χ2n) is 6.91. The quantitative estimate of drug-likeness (QED) is 0.651. The molecule has 0 bridgehead atoms. The molecule has 0 unspecified atom stereocenters. The van der Waals surface area contributed by atoms with E-state index in [2.05, 4.69) is 23.5 Å². The van der Waals surface area contributed by atoms with Crippen LogP contribution < -0.4 is 10.1 Å². The summed E-state index contributed by atoms with van der Waals surface area (Å²) in [6.07, 6.45) is 2.54. The Kier molecular flexibility index (Phi) is 5.66. The van der Waals surface area contributed by atoms with Crippen LogP contribution in [-0.2, 0) is 17.9 Å². The number of fused-ring (bicyclic) bond motifs is 1. The highest BCUT2D eigenvalue weighted by Gasteiger charge is 2.16. The van der Waals surface area contributed by atoms with Crippen LogP contribution in [0, 0.1) is 5.82 Å². The van der Waals surface area contributed by atoms with Gasteiger partial charge in [-0.25, -0.2) is 4.39 Å². The molecular weight excluding hydrogens is 341 g/mol. The van der Waals surface area contributed by atoms with Crippen LogP contribution in [0.25, 0.3) is 10.8 Å². The van der Waals surface area contributed by atoms with E-state index in [1.54, 1.807) is 12.1 Å². The van der Waals surface area contributed by atoms with Crippen LogP contribution in [-0.4, -0.2) is 19.3 Å². The first kappa shape index (κ1) is 18.0. The van der Waals surface area contributed by atoms with Gasteiger partial charge in [-0.3, -0.25) is 0 Å². The maximum absolute atomic E-state index is 13.9. The monoisotopic (exact) mass is 365 g/mol. The van der Waals surface area contributed by atoms with Crippen molar-refractivity contribution in [1.82, 2.24) is 5.32 Å². The second kappa shape index (κ2) is 8.51. The summed E-state index contributed by atoms with van der Waals surface area (Å²) in [4.78, 5) is 0. The summed E-state index contributed by atoms with van der Waals surface area (Å²) in [6, 6.07) is 19.0. The molecule has 0 aliphatic carbocycles. The molecule has 0 saturated carbocycles. The molecule has 1 saturated heterocycles. The lowest BCUT2D eigenvalue weighted by atomic mass is 10.0. The molecule has 0 aromatic heterocycles. The highest BCUT2D eigenvalue weighted by Crippen LogP contribution is 2.29. The zero-order chi connectivity index (χ0) is 18.5. The van der Waals surface area contributed by atoms with Crippen LogP contribution in [0.5, 0.6) is 5.75 Å². The van der Waals surface area contributed by atoms with Gasteiger partial charge in [-0.05, 0) is 35.7 Å². The first-order chi connectivity index (χ1) is 13.3. The van der Waals surface area contributed by atoms with Gasteiger partial charge in [0.05, 0.1) is 6.10 Å². The molecule has 3 aromatic carbocycles. The summed E-state index contributed by atoms with van der Waals surface area (Å²) >= 11 is 0. The average molecular weight is 365 g/mol. The topological polar surface area (TPSA) is 30.5 Å². The number of benzene rings is 3. The number of rotatable bonds is 7. The van der Waals surface area contributed by atoms with Crippen molar-refractivity contribution in [2.75, 3.05) is 13.2 Å². The van der Waals surface area contributed by atoms with Crippen molar-refractivity contribution in [1.29, 1.82) is 0 Å². The fourth-order valence-corrected chi connectivity index (χ4v) is 3.57. The molecule has 3 aromatic rings. The Hall–Kier alpha value is -2.43. The van der Waals surface area contributed by atoms with Crippen molar-refractivity contribution in [2.45, 2.75) is 32.1 Å². The normalized spacial score (nSPS) is 16.7. The Labute approximate surface area is 159 Å². The summed E-state index contributed by atoms with van der Waals surface area (Å²) in [5.41, 5.74) is 1.66. The van der Waals surface area contributed by atoms with Crippen LogP contribution in [0.4, 0.5) is 4.39 Å². The molecule has 27 heavy (non-hydrogen) atoms. The van der Waals surface area contributed by atoms with Gasteiger partial charge in [0.1, 0.15) is 18.2 Å². The number of hydrogen-bond donors (Lipinski definition) is 1. The van der Waals surface area contributed by atoms with Crippen molar-refractivity contribution in [3.8, 4) is 5.75 Å². The Morgan fingerprint density at radius 1 is 1.04 bits per heavy atom. The molecule has 1 aliphatic heterocycles. The third kappa shape index (κ3) is 4.29. The van der Waals surface area contributed by atoms with E-state index in [0.717, 1.165) is 42.7 Å². The van der Waals surface area contributed by atoms with E-state index < -0.39 is 0 Å². The Bertz CT molecular complexity index is 906. The highest BCUT2D eigenvalue weighted by atomic mass is 19.1. The van der Waals surface area contributed by atoms with Crippen molar-refractivity contribution < 1.29 is 13.9 Å². The summed E-state index contributed by atoms with van der Waals surface area (Å²) in [5, 5.41) is 5.83. The molecule has 1 N–H and O–H groups in total. The first-order valence-electron chi connectivity index (χ1n) is 9.50. The second-order valence-corrected chi connectivity index (χ2v) is 6.91. The third-order valence-electron chi connectivity index (χ3n) is 5.04. The van der Waals surface area contributed by atoms with E-state index in [9.17, 15) is 4.39 Å². The lowest BCUT2D eigenvalue weighted by Gasteiger charge is -2.17. The molecule has 0 radical (unpaired) electrons. The molecule has 1 aliphatic rings. The lowest BCUT2D eigenvalue weighted by molar-refractivity contribution is 0.110. The van der Waals surface area contributed by atoms with Gasteiger partial charge in [-0.15, -0.1) is 0 Å². The third-order valence-corrected chi connectivity index (χ3v) is 5.04. The molecule has 4 rings (SSSR count). The molecule has 1 fully saturated rings. The number of nitrogens with one attached hydrogen (secondary N) is 1. The van der Waals surface area contributed by atoms with Crippen molar-refractivity contribution >= 4 is 10.8 Å². The minimum Gasteiger partial charge on any atom is -0.488 e. The summed E-state index contributed by atoms with van der Waals surface area (Å²) in [6.45, 7) is 2.59. The smallest absolute Gasteiger partial charge is 0.129 e. The van der Waals surface area contributed by atoms with E-state index in [4.69, 9.17) is 9.47 Å². The van der Waals surface area contributed by atoms with E-state index in [1.165, 1.54) is 11.5 Å². The Balaban J connectivity index is 1.54. The summed E-state index contributed by atoms with van der Waals surface area (Å²) < 4.78 is 25.6. The predicted octanol–water partition coefficient (Wildman–Crippen LogP) is 4.83. The van der Waals surface area contributed by atoms with Crippen molar-refractivity contribution in [2.24, 2.45) is 0 Å². The molecule has 1 heterocycles. The van der Waals surface area contributed by atoms with Crippen LogP contribution in [0.3, 0.4) is 0 Å². The standard InChI is InChI=1S/C23H24FNO2/c24-22-10-4-2-7-18(22)16-27-23-12-11-17-6-1-3-9-20(17)21(23)15-25-14-19-8-5-13-26-19/h1-4,6-7,9-12,19,25H,5,8,13-16H2/t19-/m0/s1. The Morgan fingerprint density at radius 2 is 1.89 bits per heavy atom. The van der Waals surface area contributed by atoms with Crippen LogP contribution in [0.1, 0.15) is 24.0 Å². The van der Waals surface area contributed by atoms with E-state index in [-0.39, 0.29) is 12.4 Å². The van der Waals surface area contributed by atoms with E-state index in [1.807, 2.05) is 24.3 Å². The molecule has 4 heteroatoms. The molecular formula is C23H24FNO2. The van der Waals surface area contributed by atoms with Crippen LogP contribution in [0.15, 0.2) is 60.7 Å². The maximum atomic E-state index is 13.9. The van der Waals surface area contributed by atoms with Gasteiger partial charge in [0.2, 0.25) is 0 Å². The fourth-order valence-electron chi connectivity index (χ4n) is 3.57. The van der Waals surface area contributed by atoms with Gasteiger partial charge >= 0.3 is 0 Å². The Morgan fingerprint density at radius 3 is 2.74 bits per heavy atom. The van der Waals surface area contributed by atoms with Crippen molar-refractivity contribution in [3.63, 3.8) is 0 Å². The molecule has 1 atom stereocenters. The van der Waals surface area contributed by atoms with Gasteiger partial charge in [-0.1, -0.05) is 48.5 Å². The first-order valence-corrected chi connectivity index (χ1v) is 9.50. The number of halogens is 1. The van der Waals surface area contributed by atoms with Gasteiger partial charge in [0, 0.05) is 30.8 Å². The van der Waals surface area contributed by atoms with Gasteiger partial charge in [0.25, 0.3) is 0 Å². The minimum absolute atomic E-state index is 0.212. The molecule has 0 spiro atoms. The van der Waals surface area contributed by atoms with Crippen LogP contribution in [0.2, 0.25) is 0 Å². The van der Waals surface area contributed by atoms with Gasteiger partial charge in [0.15, 0.2) is 0 Å². The van der Waals surface area contributed by atoms with Crippen molar-refractivity contribution in [3.05, 3.63) is 77.6 Å². The SMILES string of the molecule is Fc1ccccc1COc1ccc2ccccc2c1CNC[C@@H]1CCCO1. The number of hydrogen-bond acceptors (Lipinski definition) is 3. The van der Waals surface area contributed by atoms with E-state index in [0.29, 0.717) is 18.2 Å². The minimum atomic E-state index is -0.239. The zero-order valence-corrected chi connectivity index (χ0v) is 15.3. The summed E-state index contributed by atoms with van der Waals surface area (Å²) in [5.74, 6) is 0.549. The predicted molar refractivity (Wildman–Crippen MR) is 105 cm³/mol. The lowest BCUT2D eigenvalue weighted by Crippen LogP contribution is -2.26. The van der Waals surface area contributed by atoms with Gasteiger partial charge < -0.3 is 14.8 Å². The van der Waals surface area contributed by atoms with Gasteiger partial charge in [-0.2, -0.15) is 0 Å². The fraction of sp³-hybridized carbons (Fsp3) is 0.304. The molecule has 140 valence electrons. The molecule has 0 amide bonds. The molecule has 3 nitrogen and oxygen atoms in total. The largest absolute Gasteiger partial charge is 0.488 e. The highest BCUT2D eigenvalue weighted by molar-refractivity contribution is 5.87. The van der Waals surface area contributed by atoms with Crippen LogP contribution >= 0.6 is 0 Å². The zero-order valence-electron chi connectivity index (χ0n) is 15.3. The summed E-state index contributed by atoms with van der Waals surface area (Å²) in [7, 11) is 0. The maximum Gasteiger partial charge on any atom is 0.129 e. The average Bonchev–Trinajstić information content (AvgIpc) is 3.21.